The molecule has 0 unspecified atom stereocenters. The van der Waals surface area contributed by atoms with E-state index >= 15 is 0 Å². The van der Waals surface area contributed by atoms with Gasteiger partial charge in [0.1, 0.15) is 0 Å². The van der Waals surface area contributed by atoms with E-state index in [1.54, 1.807) is 0 Å². The third kappa shape index (κ3) is 28.7. The summed E-state index contributed by atoms with van der Waals surface area (Å²) in [7, 11) is 0. The maximum absolute atomic E-state index is 11.9. The Labute approximate surface area is 165 Å². The largest absolute Gasteiger partial charge is 0.381 e. The molecule has 0 rings (SSSR count). The predicted molar refractivity (Wildman–Crippen MR) is 117 cm³/mol. The monoisotopic (exact) mass is 374 g/mol. The molecule has 0 aromatic carbocycles. The van der Waals surface area contributed by atoms with E-state index in [9.17, 15) is 4.39 Å². The Balaban J connectivity index is 0. The molecule has 0 aliphatic rings. The summed E-state index contributed by atoms with van der Waals surface area (Å²) in [5.74, 6) is 0. The van der Waals surface area contributed by atoms with Crippen molar-refractivity contribution in [2.24, 2.45) is 0 Å². The molecular weight excluding hydrogens is 323 g/mol. The van der Waals surface area contributed by atoms with Gasteiger partial charge in [-0.1, -0.05) is 117 Å². The van der Waals surface area contributed by atoms with Gasteiger partial charge in [0.15, 0.2) is 0 Å². The molecule has 0 atom stereocenters. The Kier molecular flexibility index (Phi) is 32.0. The minimum Gasteiger partial charge on any atom is -0.381 e. The van der Waals surface area contributed by atoms with E-state index < -0.39 is 0 Å². The molecule has 0 heterocycles. The zero-order valence-electron chi connectivity index (χ0n) is 18.6. The Hall–Kier alpha value is -0.110. The van der Waals surface area contributed by atoms with Gasteiger partial charge in [-0.15, -0.1) is 0 Å². The van der Waals surface area contributed by atoms with Crippen molar-refractivity contribution in [2.75, 3.05) is 19.9 Å². The molecule has 0 aliphatic heterocycles. The second-order valence-corrected chi connectivity index (χ2v) is 7.31. The molecule has 2 heteroatoms. The van der Waals surface area contributed by atoms with Gasteiger partial charge in [0, 0.05) is 13.2 Å². The number of halogens is 1. The van der Waals surface area contributed by atoms with E-state index in [1.165, 1.54) is 103 Å². The Morgan fingerprint density at radius 3 is 1.12 bits per heavy atom. The van der Waals surface area contributed by atoms with Crippen LogP contribution in [0.4, 0.5) is 4.39 Å². The topological polar surface area (TPSA) is 9.23 Å². The Bertz CT molecular complexity index is 186. The lowest BCUT2D eigenvalue weighted by atomic mass is 10.0. The molecule has 0 amide bonds. The van der Waals surface area contributed by atoms with E-state index in [4.69, 9.17) is 4.74 Å². The molecule has 0 aliphatic carbocycles. The highest BCUT2D eigenvalue weighted by molar-refractivity contribution is 4.50. The normalized spacial score (nSPS) is 10.6. The molecule has 160 valence electrons. The first-order valence-electron chi connectivity index (χ1n) is 12.1. The van der Waals surface area contributed by atoms with E-state index in [2.05, 4.69) is 6.92 Å². The highest BCUT2D eigenvalue weighted by atomic mass is 19.1. The van der Waals surface area contributed by atoms with Gasteiger partial charge in [-0.05, 0) is 19.3 Å². The first-order valence-corrected chi connectivity index (χ1v) is 12.1. The van der Waals surface area contributed by atoms with Crippen LogP contribution in [0.2, 0.25) is 0 Å². The molecular formula is C24H51FO. The van der Waals surface area contributed by atoms with Crippen LogP contribution in [0.25, 0.3) is 0 Å². The summed E-state index contributed by atoms with van der Waals surface area (Å²) in [5.41, 5.74) is 0. The van der Waals surface area contributed by atoms with Crippen molar-refractivity contribution in [3.63, 3.8) is 0 Å². The fourth-order valence-corrected chi connectivity index (χ4v) is 3.12. The van der Waals surface area contributed by atoms with Crippen LogP contribution in [0.3, 0.4) is 0 Å². The van der Waals surface area contributed by atoms with Crippen molar-refractivity contribution in [1.29, 1.82) is 0 Å². The van der Waals surface area contributed by atoms with E-state index in [0.717, 1.165) is 26.1 Å². The van der Waals surface area contributed by atoms with Crippen LogP contribution in [0, 0.1) is 0 Å². The van der Waals surface area contributed by atoms with Crippen LogP contribution in [-0.2, 0) is 4.74 Å². The fraction of sp³-hybridized carbons (Fsp3) is 1.00. The second kappa shape index (κ2) is 29.6. The lowest BCUT2D eigenvalue weighted by Gasteiger charge is -2.04. The van der Waals surface area contributed by atoms with Gasteiger partial charge in [-0.2, -0.15) is 0 Å². The maximum atomic E-state index is 11.9. The summed E-state index contributed by atoms with van der Waals surface area (Å²) in [6.07, 6.45) is 23.5. The van der Waals surface area contributed by atoms with Crippen molar-refractivity contribution >= 4 is 0 Å². The molecule has 0 radical (unpaired) electrons. The number of alkyl halides is 1. The smallest absolute Gasteiger partial charge is 0.0894 e. The summed E-state index contributed by atoms with van der Waals surface area (Å²) in [5, 5.41) is 0. The van der Waals surface area contributed by atoms with Crippen molar-refractivity contribution in [3.8, 4) is 0 Å². The number of hydrogen-bond donors (Lipinski definition) is 0. The van der Waals surface area contributed by atoms with Crippen LogP contribution in [-0.4, -0.2) is 19.9 Å². The van der Waals surface area contributed by atoms with Gasteiger partial charge in [-0.25, -0.2) is 0 Å². The Morgan fingerprint density at radius 2 is 0.769 bits per heavy atom. The standard InChI is InChI=1S/C22H45FO.C2H6/c1-2-3-21-24-22-19-17-15-13-11-9-7-5-4-6-8-10-12-14-16-18-20-23;1-2/h2-22H2,1H3;1-2H3. The highest BCUT2D eigenvalue weighted by Gasteiger charge is 1.95. The van der Waals surface area contributed by atoms with Gasteiger partial charge in [0.2, 0.25) is 0 Å². The second-order valence-electron chi connectivity index (χ2n) is 7.31. The summed E-state index contributed by atoms with van der Waals surface area (Å²) in [6.45, 7) is 8.00. The average molecular weight is 375 g/mol. The summed E-state index contributed by atoms with van der Waals surface area (Å²) < 4.78 is 17.5. The van der Waals surface area contributed by atoms with E-state index in [-0.39, 0.29) is 6.67 Å². The zero-order chi connectivity index (χ0) is 19.6. The third-order valence-corrected chi connectivity index (χ3v) is 4.81. The van der Waals surface area contributed by atoms with Gasteiger partial charge >= 0.3 is 0 Å². The summed E-state index contributed by atoms with van der Waals surface area (Å²) in [4.78, 5) is 0. The molecule has 0 N–H and O–H groups in total. The van der Waals surface area contributed by atoms with Crippen LogP contribution in [0.15, 0.2) is 0 Å². The zero-order valence-corrected chi connectivity index (χ0v) is 18.6. The molecule has 0 saturated carbocycles. The van der Waals surface area contributed by atoms with Crippen molar-refractivity contribution in [3.05, 3.63) is 0 Å². The van der Waals surface area contributed by atoms with Crippen LogP contribution >= 0.6 is 0 Å². The quantitative estimate of drug-likeness (QED) is 0.182. The van der Waals surface area contributed by atoms with Crippen LogP contribution in [0.1, 0.15) is 136 Å². The number of ether oxygens (including phenoxy) is 1. The minimum atomic E-state index is -0.131. The van der Waals surface area contributed by atoms with E-state index in [1.807, 2.05) is 13.8 Å². The molecule has 0 aromatic heterocycles. The van der Waals surface area contributed by atoms with Crippen LogP contribution in [0.5, 0.6) is 0 Å². The summed E-state index contributed by atoms with van der Waals surface area (Å²) in [6, 6.07) is 0. The first kappa shape index (κ1) is 28.1. The number of unbranched alkanes of at least 4 members (excludes halogenated alkanes) is 16. The maximum Gasteiger partial charge on any atom is 0.0894 e. The molecule has 0 aromatic rings. The number of hydrogen-bond acceptors (Lipinski definition) is 1. The Morgan fingerprint density at radius 1 is 0.462 bits per heavy atom. The number of rotatable bonds is 21. The average Bonchev–Trinajstić information content (AvgIpc) is 2.68. The molecule has 0 bridgehead atoms. The van der Waals surface area contributed by atoms with Gasteiger partial charge in [-0.3, -0.25) is 4.39 Å². The SMILES string of the molecule is CC.CCCCOCCCCCCCCCCCCCCCCCCF. The van der Waals surface area contributed by atoms with Crippen molar-refractivity contribution in [2.45, 2.75) is 136 Å². The predicted octanol–water partition coefficient (Wildman–Crippen LogP) is 9.04. The first-order chi connectivity index (χ1) is 12.9. The lowest BCUT2D eigenvalue weighted by molar-refractivity contribution is 0.127. The third-order valence-electron chi connectivity index (χ3n) is 4.81. The van der Waals surface area contributed by atoms with Crippen molar-refractivity contribution in [1.82, 2.24) is 0 Å². The minimum absolute atomic E-state index is 0.131. The molecule has 0 spiro atoms. The van der Waals surface area contributed by atoms with Gasteiger partial charge in [0.25, 0.3) is 0 Å². The summed E-state index contributed by atoms with van der Waals surface area (Å²) >= 11 is 0. The lowest BCUT2D eigenvalue weighted by Crippen LogP contribution is -1.96. The van der Waals surface area contributed by atoms with Crippen LogP contribution < -0.4 is 0 Å². The molecule has 26 heavy (non-hydrogen) atoms. The molecule has 0 fully saturated rings. The van der Waals surface area contributed by atoms with E-state index in [0.29, 0.717) is 0 Å². The van der Waals surface area contributed by atoms with Crippen molar-refractivity contribution < 1.29 is 9.13 Å². The molecule has 0 saturated heterocycles. The fourth-order valence-electron chi connectivity index (χ4n) is 3.12. The highest BCUT2D eigenvalue weighted by Crippen LogP contribution is 2.13. The van der Waals surface area contributed by atoms with Gasteiger partial charge < -0.3 is 4.74 Å². The molecule has 1 nitrogen and oxygen atoms in total. The van der Waals surface area contributed by atoms with Gasteiger partial charge in [0.05, 0.1) is 6.67 Å².